The SMILES string of the molecule is COC(=O)C(=O)N(Cc1cccc(C)c1)c1ccc(-c2ccc(C(F)(F)F)cc2)cc1. The number of ether oxygens (including phenoxy) is 1. The summed E-state index contributed by atoms with van der Waals surface area (Å²) in [6.45, 7) is 2.09. The minimum Gasteiger partial charge on any atom is -0.462 e. The first-order chi connectivity index (χ1) is 14.7. The van der Waals surface area contributed by atoms with Crippen molar-refractivity contribution in [3.05, 3.63) is 89.5 Å². The van der Waals surface area contributed by atoms with Crippen molar-refractivity contribution in [2.24, 2.45) is 0 Å². The predicted molar refractivity (Wildman–Crippen MR) is 111 cm³/mol. The lowest BCUT2D eigenvalue weighted by Gasteiger charge is -2.22. The van der Waals surface area contributed by atoms with Crippen LogP contribution in [0.4, 0.5) is 18.9 Å². The zero-order valence-electron chi connectivity index (χ0n) is 16.9. The lowest BCUT2D eigenvalue weighted by molar-refractivity contribution is -0.151. The van der Waals surface area contributed by atoms with E-state index in [0.29, 0.717) is 16.8 Å². The number of esters is 1. The maximum atomic E-state index is 12.8. The number of amides is 1. The maximum absolute atomic E-state index is 12.8. The summed E-state index contributed by atoms with van der Waals surface area (Å²) in [5, 5.41) is 0. The van der Waals surface area contributed by atoms with Crippen LogP contribution in [0.15, 0.2) is 72.8 Å². The molecule has 3 rings (SSSR count). The second-order valence-electron chi connectivity index (χ2n) is 6.99. The van der Waals surface area contributed by atoms with Gasteiger partial charge in [-0.2, -0.15) is 13.2 Å². The Morgan fingerprint density at radius 1 is 0.903 bits per heavy atom. The third kappa shape index (κ3) is 5.31. The topological polar surface area (TPSA) is 46.6 Å². The van der Waals surface area contributed by atoms with Crippen LogP contribution in [-0.4, -0.2) is 19.0 Å². The molecule has 0 aliphatic heterocycles. The third-order valence-electron chi connectivity index (χ3n) is 4.75. The number of rotatable bonds is 4. The molecule has 3 aromatic rings. The summed E-state index contributed by atoms with van der Waals surface area (Å²) in [5.41, 5.74) is 2.88. The number of halogens is 3. The molecule has 0 atom stereocenters. The van der Waals surface area contributed by atoms with Crippen LogP contribution in [-0.2, 0) is 27.0 Å². The molecule has 0 aliphatic carbocycles. The van der Waals surface area contributed by atoms with E-state index in [-0.39, 0.29) is 6.54 Å². The van der Waals surface area contributed by atoms with E-state index in [2.05, 4.69) is 4.74 Å². The van der Waals surface area contributed by atoms with E-state index in [1.165, 1.54) is 17.0 Å². The number of hydrogen-bond donors (Lipinski definition) is 0. The van der Waals surface area contributed by atoms with Crippen molar-refractivity contribution in [1.29, 1.82) is 0 Å². The van der Waals surface area contributed by atoms with Crippen LogP contribution in [0.2, 0.25) is 0 Å². The molecule has 0 heterocycles. The van der Waals surface area contributed by atoms with Crippen LogP contribution in [0.25, 0.3) is 11.1 Å². The van der Waals surface area contributed by atoms with Gasteiger partial charge in [-0.15, -0.1) is 0 Å². The van der Waals surface area contributed by atoms with Crippen LogP contribution >= 0.6 is 0 Å². The van der Waals surface area contributed by atoms with Gasteiger partial charge in [-0.3, -0.25) is 9.69 Å². The highest BCUT2D eigenvalue weighted by molar-refractivity contribution is 6.38. The van der Waals surface area contributed by atoms with Gasteiger partial charge in [0.1, 0.15) is 0 Å². The molecule has 0 N–H and O–H groups in total. The normalized spacial score (nSPS) is 11.1. The van der Waals surface area contributed by atoms with Gasteiger partial charge in [-0.05, 0) is 47.9 Å². The van der Waals surface area contributed by atoms with Crippen molar-refractivity contribution in [3.63, 3.8) is 0 Å². The van der Waals surface area contributed by atoms with E-state index in [4.69, 9.17) is 0 Å². The smallest absolute Gasteiger partial charge is 0.416 e. The Bertz CT molecular complexity index is 1070. The monoisotopic (exact) mass is 427 g/mol. The van der Waals surface area contributed by atoms with Gasteiger partial charge < -0.3 is 4.74 Å². The Morgan fingerprint density at radius 3 is 2.00 bits per heavy atom. The molecule has 0 saturated carbocycles. The Hall–Kier alpha value is -3.61. The minimum atomic E-state index is -4.40. The van der Waals surface area contributed by atoms with Crippen LogP contribution < -0.4 is 4.90 Å². The van der Waals surface area contributed by atoms with Crippen molar-refractivity contribution >= 4 is 17.6 Å². The van der Waals surface area contributed by atoms with Crippen molar-refractivity contribution in [2.45, 2.75) is 19.6 Å². The molecule has 0 aliphatic rings. The lowest BCUT2D eigenvalue weighted by Crippen LogP contribution is -2.36. The highest BCUT2D eigenvalue weighted by Crippen LogP contribution is 2.31. The summed E-state index contributed by atoms with van der Waals surface area (Å²) in [6.07, 6.45) is -4.40. The summed E-state index contributed by atoms with van der Waals surface area (Å²) in [6, 6.07) is 19.0. The lowest BCUT2D eigenvalue weighted by atomic mass is 10.0. The number of nitrogens with zero attached hydrogens (tertiary/aromatic N) is 1. The predicted octanol–water partition coefficient (Wildman–Crippen LogP) is 5.39. The van der Waals surface area contributed by atoms with E-state index in [1.807, 2.05) is 31.2 Å². The average molecular weight is 427 g/mol. The molecule has 0 saturated heterocycles. The summed E-state index contributed by atoms with van der Waals surface area (Å²) >= 11 is 0. The zero-order valence-corrected chi connectivity index (χ0v) is 16.9. The second-order valence-corrected chi connectivity index (χ2v) is 6.99. The van der Waals surface area contributed by atoms with E-state index in [0.717, 1.165) is 30.4 Å². The molecule has 4 nitrogen and oxygen atoms in total. The highest BCUT2D eigenvalue weighted by Gasteiger charge is 2.30. The largest absolute Gasteiger partial charge is 0.462 e. The van der Waals surface area contributed by atoms with Crippen molar-refractivity contribution in [2.75, 3.05) is 12.0 Å². The first kappa shape index (κ1) is 22.1. The summed E-state index contributed by atoms with van der Waals surface area (Å²) in [7, 11) is 1.14. The number of alkyl halides is 3. The van der Waals surface area contributed by atoms with Crippen molar-refractivity contribution < 1.29 is 27.5 Å². The van der Waals surface area contributed by atoms with Gasteiger partial charge in [0, 0.05) is 5.69 Å². The molecule has 160 valence electrons. The minimum absolute atomic E-state index is 0.162. The highest BCUT2D eigenvalue weighted by atomic mass is 19.4. The fourth-order valence-electron chi connectivity index (χ4n) is 3.16. The number of carbonyl (C=O) groups is 2. The van der Waals surface area contributed by atoms with Crippen LogP contribution in [0.1, 0.15) is 16.7 Å². The first-order valence-electron chi connectivity index (χ1n) is 9.42. The van der Waals surface area contributed by atoms with Gasteiger partial charge in [0.05, 0.1) is 19.2 Å². The standard InChI is InChI=1S/C24H20F3NO3/c1-16-4-3-5-17(14-16)15-28(22(29)23(30)31-2)21-12-8-19(9-13-21)18-6-10-20(11-7-18)24(25,26)27/h3-14H,15H2,1-2H3. The molecule has 0 fully saturated rings. The fourth-order valence-corrected chi connectivity index (χ4v) is 3.16. The van der Waals surface area contributed by atoms with E-state index < -0.39 is 23.6 Å². The molecule has 1 amide bonds. The molecule has 0 bridgehead atoms. The average Bonchev–Trinajstić information content (AvgIpc) is 2.76. The molecular weight excluding hydrogens is 407 g/mol. The van der Waals surface area contributed by atoms with Gasteiger partial charge in [0.2, 0.25) is 0 Å². The second kappa shape index (κ2) is 9.04. The van der Waals surface area contributed by atoms with E-state index >= 15 is 0 Å². The van der Waals surface area contributed by atoms with E-state index in [9.17, 15) is 22.8 Å². The summed E-state index contributed by atoms with van der Waals surface area (Å²) in [5.74, 6) is -1.80. The molecular formula is C24H20F3NO3. The molecule has 0 spiro atoms. The van der Waals surface area contributed by atoms with Crippen molar-refractivity contribution in [3.8, 4) is 11.1 Å². The third-order valence-corrected chi connectivity index (χ3v) is 4.75. The molecule has 0 aromatic heterocycles. The molecule has 7 heteroatoms. The Morgan fingerprint density at radius 2 is 1.48 bits per heavy atom. The molecule has 0 radical (unpaired) electrons. The Balaban J connectivity index is 1.89. The maximum Gasteiger partial charge on any atom is 0.416 e. The zero-order chi connectivity index (χ0) is 22.6. The number of hydrogen-bond acceptors (Lipinski definition) is 3. The number of aryl methyl sites for hydroxylation is 1. The number of carbonyl (C=O) groups excluding carboxylic acids is 2. The van der Waals surface area contributed by atoms with Crippen LogP contribution in [0.3, 0.4) is 0 Å². The first-order valence-corrected chi connectivity index (χ1v) is 9.42. The quantitative estimate of drug-likeness (QED) is 0.415. The molecule has 3 aromatic carbocycles. The Kier molecular flexibility index (Phi) is 6.44. The van der Waals surface area contributed by atoms with Crippen LogP contribution in [0, 0.1) is 6.92 Å². The number of benzene rings is 3. The number of methoxy groups -OCH3 is 1. The molecule has 31 heavy (non-hydrogen) atoms. The van der Waals surface area contributed by atoms with E-state index in [1.54, 1.807) is 24.3 Å². The van der Waals surface area contributed by atoms with Gasteiger partial charge in [-0.1, -0.05) is 54.1 Å². The summed E-state index contributed by atoms with van der Waals surface area (Å²) < 4.78 is 42.9. The van der Waals surface area contributed by atoms with Crippen LogP contribution in [0.5, 0.6) is 0 Å². The van der Waals surface area contributed by atoms with Crippen molar-refractivity contribution in [1.82, 2.24) is 0 Å². The van der Waals surface area contributed by atoms with Gasteiger partial charge in [0.15, 0.2) is 0 Å². The fraction of sp³-hybridized carbons (Fsp3) is 0.167. The van der Waals surface area contributed by atoms with Gasteiger partial charge in [0.25, 0.3) is 0 Å². The van der Waals surface area contributed by atoms with Gasteiger partial charge in [-0.25, -0.2) is 4.79 Å². The summed E-state index contributed by atoms with van der Waals surface area (Å²) in [4.78, 5) is 25.8. The molecule has 0 unspecified atom stereocenters. The Labute approximate surface area is 177 Å². The number of anilines is 1. The van der Waals surface area contributed by atoms with Gasteiger partial charge >= 0.3 is 18.1 Å².